The lowest BCUT2D eigenvalue weighted by atomic mass is 10.1. The van der Waals surface area contributed by atoms with Gasteiger partial charge in [0.05, 0.1) is 19.2 Å². The monoisotopic (exact) mass is 540 g/mol. The third-order valence-electron chi connectivity index (χ3n) is 4.87. The van der Waals surface area contributed by atoms with Crippen LogP contribution in [0.5, 0.6) is 23.0 Å². The maximum Gasteiger partial charge on any atom is 0.268 e. The Hall–Kier alpha value is -4.07. The number of nitrogens with one attached hydrogen (secondary N) is 1. The van der Waals surface area contributed by atoms with E-state index in [9.17, 15) is 10.1 Å². The van der Waals surface area contributed by atoms with Crippen LogP contribution in [0.4, 0.5) is 5.13 Å². The molecule has 0 aliphatic heterocycles. The van der Waals surface area contributed by atoms with Crippen molar-refractivity contribution in [3.8, 4) is 29.1 Å². The quantitative estimate of drug-likeness (QED) is 0.143. The van der Waals surface area contributed by atoms with E-state index in [1.54, 1.807) is 26.2 Å². The largest absolute Gasteiger partial charge is 0.493 e. The average Bonchev–Trinajstić information content (AvgIpc) is 3.30. The molecule has 3 rings (SSSR count). The van der Waals surface area contributed by atoms with Crippen molar-refractivity contribution in [2.75, 3.05) is 32.8 Å². The first kappa shape index (κ1) is 27.5. The molecular weight excluding hydrogens is 516 g/mol. The number of aromatic nitrogens is 2. The Morgan fingerprint density at radius 1 is 1.14 bits per heavy atom. The van der Waals surface area contributed by atoms with E-state index in [0.29, 0.717) is 38.7 Å². The summed E-state index contributed by atoms with van der Waals surface area (Å²) in [6, 6.07) is 10.7. The van der Waals surface area contributed by atoms with Crippen LogP contribution < -0.4 is 24.3 Å². The first-order chi connectivity index (χ1) is 17.9. The molecule has 11 heteroatoms. The van der Waals surface area contributed by atoms with E-state index in [1.807, 2.05) is 30.3 Å². The van der Waals surface area contributed by atoms with Gasteiger partial charge in [0.2, 0.25) is 5.13 Å². The van der Waals surface area contributed by atoms with Crippen molar-refractivity contribution < 1.29 is 23.7 Å². The fourth-order valence-electron chi connectivity index (χ4n) is 3.21. The summed E-state index contributed by atoms with van der Waals surface area (Å²) in [5, 5.41) is 20.9. The highest BCUT2D eigenvalue weighted by Gasteiger charge is 2.16. The van der Waals surface area contributed by atoms with E-state index in [1.165, 1.54) is 24.5 Å². The molecule has 1 amide bonds. The van der Waals surface area contributed by atoms with Crippen molar-refractivity contribution in [3.63, 3.8) is 0 Å². The van der Waals surface area contributed by atoms with Gasteiger partial charge in [-0.05, 0) is 54.8 Å². The van der Waals surface area contributed by atoms with Crippen LogP contribution in [0.1, 0.15) is 16.1 Å². The fraction of sp³-hybridized carbons (Fsp3) is 0.231. The van der Waals surface area contributed by atoms with Gasteiger partial charge >= 0.3 is 0 Å². The molecule has 0 saturated heterocycles. The van der Waals surface area contributed by atoms with Crippen molar-refractivity contribution in [3.05, 3.63) is 69.7 Å². The lowest BCUT2D eigenvalue weighted by Crippen LogP contribution is -2.13. The van der Waals surface area contributed by atoms with Gasteiger partial charge in [-0.1, -0.05) is 35.1 Å². The number of nitriles is 1. The molecule has 0 atom stereocenters. The Morgan fingerprint density at radius 2 is 1.89 bits per heavy atom. The number of carbonyl (C=O) groups excluding carboxylic acids is 1. The standard InChI is InChI=1S/C26H25ClN4O5S/c1-5-6-17-7-8-21(22(13-17)33-3)35-9-10-36-24-20(27)12-18(14-23(24)34-4)11-19(15-28)25(32)29-26-31-30-16(2)37-26/h5,7-8,11-14H,1,6,9-10H2,2-4H3,(H,29,31,32). The number of rotatable bonds is 12. The van der Waals surface area contributed by atoms with Crippen LogP contribution in [0.3, 0.4) is 0 Å². The number of aryl methyl sites for hydroxylation is 1. The van der Waals surface area contributed by atoms with E-state index < -0.39 is 5.91 Å². The summed E-state index contributed by atoms with van der Waals surface area (Å²) < 4.78 is 22.4. The summed E-state index contributed by atoms with van der Waals surface area (Å²) in [4.78, 5) is 12.5. The average molecular weight is 541 g/mol. The topological polar surface area (TPSA) is 116 Å². The molecule has 0 unspecified atom stereocenters. The molecule has 0 saturated carbocycles. The molecule has 1 heterocycles. The Balaban J connectivity index is 1.67. The number of nitrogens with zero attached hydrogens (tertiary/aromatic N) is 3. The van der Waals surface area contributed by atoms with Crippen LogP contribution in [0.2, 0.25) is 5.02 Å². The summed E-state index contributed by atoms with van der Waals surface area (Å²) in [5.74, 6) is 1.24. The van der Waals surface area contributed by atoms with Gasteiger partial charge in [-0.3, -0.25) is 10.1 Å². The summed E-state index contributed by atoms with van der Waals surface area (Å²) >= 11 is 7.64. The van der Waals surface area contributed by atoms with Crippen LogP contribution in [0.15, 0.2) is 48.6 Å². The number of hydrogen-bond donors (Lipinski definition) is 1. The van der Waals surface area contributed by atoms with Crippen LogP contribution >= 0.6 is 22.9 Å². The van der Waals surface area contributed by atoms with Gasteiger partial charge < -0.3 is 18.9 Å². The first-order valence-electron chi connectivity index (χ1n) is 11.0. The highest BCUT2D eigenvalue weighted by molar-refractivity contribution is 7.15. The van der Waals surface area contributed by atoms with Crippen LogP contribution in [0.25, 0.3) is 6.08 Å². The fourth-order valence-corrected chi connectivity index (χ4v) is 4.07. The van der Waals surface area contributed by atoms with Gasteiger partial charge in [-0.2, -0.15) is 5.26 Å². The Morgan fingerprint density at radius 3 is 2.54 bits per heavy atom. The Labute approximate surface area is 223 Å². The van der Waals surface area contributed by atoms with E-state index in [4.69, 9.17) is 30.5 Å². The Bertz CT molecular complexity index is 1350. The smallest absolute Gasteiger partial charge is 0.268 e. The summed E-state index contributed by atoms with van der Waals surface area (Å²) in [6.45, 7) is 5.90. The van der Waals surface area contributed by atoms with E-state index >= 15 is 0 Å². The van der Waals surface area contributed by atoms with Crippen molar-refractivity contribution in [2.24, 2.45) is 0 Å². The second-order valence-corrected chi connectivity index (χ2v) is 9.05. The van der Waals surface area contributed by atoms with E-state index in [0.717, 1.165) is 12.0 Å². The van der Waals surface area contributed by atoms with Gasteiger partial charge in [-0.25, -0.2) is 0 Å². The van der Waals surface area contributed by atoms with Gasteiger partial charge in [0.15, 0.2) is 23.0 Å². The predicted octanol–water partition coefficient (Wildman–Crippen LogP) is 5.25. The molecule has 0 spiro atoms. The highest BCUT2D eigenvalue weighted by atomic mass is 35.5. The summed E-state index contributed by atoms with van der Waals surface area (Å²) in [7, 11) is 3.05. The molecule has 192 valence electrons. The van der Waals surface area contributed by atoms with Crippen molar-refractivity contribution in [2.45, 2.75) is 13.3 Å². The highest BCUT2D eigenvalue weighted by Crippen LogP contribution is 2.37. The zero-order valence-corrected chi connectivity index (χ0v) is 22.1. The summed E-state index contributed by atoms with van der Waals surface area (Å²) in [6.07, 6.45) is 3.94. The lowest BCUT2D eigenvalue weighted by Gasteiger charge is -2.15. The zero-order valence-electron chi connectivity index (χ0n) is 20.5. The second kappa shape index (κ2) is 13.3. The molecule has 0 aliphatic carbocycles. The molecule has 1 aromatic heterocycles. The van der Waals surface area contributed by atoms with Crippen molar-refractivity contribution in [1.29, 1.82) is 5.26 Å². The molecule has 2 aromatic carbocycles. The molecule has 9 nitrogen and oxygen atoms in total. The molecule has 0 aliphatic rings. The van der Waals surface area contributed by atoms with Crippen molar-refractivity contribution >= 4 is 40.1 Å². The SMILES string of the molecule is C=CCc1ccc(OCCOc2c(Cl)cc(C=C(C#N)C(=O)Nc3nnc(C)s3)cc2OC)c(OC)c1. The number of amides is 1. The molecular formula is C26H25ClN4O5S. The number of allylic oxidation sites excluding steroid dienone is 1. The van der Waals surface area contributed by atoms with Gasteiger partial charge in [0.25, 0.3) is 5.91 Å². The molecule has 3 aromatic rings. The van der Waals surface area contributed by atoms with Crippen LogP contribution in [0, 0.1) is 18.3 Å². The number of ether oxygens (including phenoxy) is 4. The Kier molecular flexibility index (Phi) is 9.89. The summed E-state index contributed by atoms with van der Waals surface area (Å²) in [5.41, 5.74) is 1.41. The minimum Gasteiger partial charge on any atom is -0.493 e. The minimum absolute atomic E-state index is 0.138. The molecule has 37 heavy (non-hydrogen) atoms. The lowest BCUT2D eigenvalue weighted by molar-refractivity contribution is -0.112. The first-order valence-corrected chi connectivity index (χ1v) is 12.2. The number of anilines is 1. The zero-order chi connectivity index (χ0) is 26.8. The van der Waals surface area contributed by atoms with Gasteiger partial charge in [0, 0.05) is 0 Å². The maximum absolute atomic E-state index is 12.5. The number of carbonyl (C=O) groups is 1. The van der Waals surface area contributed by atoms with Crippen LogP contribution in [-0.2, 0) is 11.2 Å². The predicted molar refractivity (Wildman–Crippen MR) is 143 cm³/mol. The molecule has 0 radical (unpaired) electrons. The minimum atomic E-state index is -0.612. The molecule has 1 N–H and O–H groups in total. The molecule has 0 fully saturated rings. The van der Waals surface area contributed by atoms with Crippen molar-refractivity contribution in [1.82, 2.24) is 10.2 Å². The van der Waals surface area contributed by atoms with Gasteiger partial charge in [0.1, 0.15) is 29.9 Å². The number of hydrogen-bond acceptors (Lipinski definition) is 9. The van der Waals surface area contributed by atoms with Crippen LogP contribution in [-0.4, -0.2) is 43.5 Å². The third kappa shape index (κ3) is 7.46. The maximum atomic E-state index is 12.5. The second-order valence-electron chi connectivity index (χ2n) is 7.46. The third-order valence-corrected chi connectivity index (χ3v) is 5.90. The normalized spacial score (nSPS) is 10.8. The molecule has 0 bridgehead atoms. The number of methoxy groups -OCH3 is 2. The van der Waals surface area contributed by atoms with E-state index in [-0.39, 0.29) is 23.8 Å². The van der Waals surface area contributed by atoms with Gasteiger partial charge in [-0.15, -0.1) is 16.8 Å². The number of halogens is 1. The number of benzene rings is 2. The van der Waals surface area contributed by atoms with E-state index in [2.05, 4.69) is 22.1 Å².